The third-order valence-electron chi connectivity index (χ3n) is 1.98. The molecule has 1 aromatic carbocycles. The molecule has 0 amide bonds. The van der Waals surface area contributed by atoms with Crippen LogP contribution in [0.4, 0.5) is 0 Å². The van der Waals surface area contributed by atoms with Gasteiger partial charge in [0.2, 0.25) is 0 Å². The molecule has 0 bridgehead atoms. The van der Waals surface area contributed by atoms with Gasteiger partial charge >= 0.3 is 7.60 Å². The molecule has 0 aromatic heterocycles. The third kappa shape index (κ3) is 2.44. The maximum absolute atomic E-state index is 11.7. The molecule has 1 atom stereocenters. The summed E-state index contributed by atoms with van der Waals surface area (Å²) in [5, 5.41) is 0.421. The van der Waals surface area contributed by atoms with Crippen LogP contribution in [-0.2, 0) is 15.5 Å². The molecule has 1 unspecified atom stereocenters. The monoisotopic (exact) mass is 214 g/mol. The predicted octanol–water partition coefficient (Wildman–Crippen LogP) is 2.10. The normalized spacial score (nSPS) is 15.1. The Morgan fingerprint density at radius 3 is 2.57 bits per heavy atom. The number of hydrogen-bond donors (Lipinski definition) is 1. The second-order valence-corrected chi connectivity index (χ2v) is 4.70. The van der Waals surface area contributed by atoms with E-state index in [2.05, 4.69) is 0 Å². The van der Waals surface area contributed by atoms with Crippen molar-refractivity contribution in [2.75, 3.05) is 6.61 Å². The zero-order chi connectivity index (χ0) is 10.6. The van der Waals surface area contributed by atoms with E-state index in [-0.39, 0.29) is 6.61 Å². The van der Waals surface area contributed by atoms with E-state index in [4.69, 9.17) is 4.52 Å². The van der Waals surface area contributed by atoms with Gasteiger partial charge in [-0.3, -0.25) is 4.57 Å². The van der Waals surface area contributed by atoms with E-state index in [9.17, 15) is 9.46 Å². The van der Waals surface area contributed by atoms with Crippen LogP contribution in [0, 0.1) is 0 Å². The molecule has 14 heavy (non-hydrogen) atoms. The van der Waals surface area contributed by atoms with Gasteiger partial charge in [0.1, 0.15) is 0 Å². The summed E-state index contributed by atoms with van der Waals surface area (Å²) in [5.74, 6) is 0. The number of benzene rings is 1. The topological polar surface area (TPSA) is 46.5 Å². The van der Waals surface area contributed by atoms with Gasteiger partial charge in [-0.15, -0.1) is 0 Å². The Hall–Kier alpha value is -0.630. The summed E-state index contributed by atoms with van der Waals surface area (Å²) in [6.45, 7) is 3.90. The maximum Gasteiger partial charge on any atom is 0.359 e. The standard InChI is InChI=1S/C10H15O3P/c1-3-9-7-5-6-8-10(9)14(11,12)13-4-2/h5-8H,3-4H2,1-2H3,(H,11,12). The fraction of sp³-hybridized carbons (Fsp3) is 0.400. The van der Waals surface area contributed by atoms with Crippen LogP contribution >= 0.6 is 7.60 Å². The molecule has 0 saturated heterocycles. The highest BCUT2D eigenvalue weighted by Gasteiger charge is 2.24. The smallest absolute Gasteiger partial charge is 0.321 e. The molecule has 0 heterocycles. The molecule has 0 fully saturated rings. The first-order valence-electron chi connectivity index (χ1n) is 4.67. The van der Waals surface area contributed by atoms with E-state index >= 15 is 0 Å². The highest BCUT2D eigenvalue weighted by atomic mass is 31.2. The summed E-state index contributed by atoms with van der Waals surface area (Å²) in [4.78, 5) is 9.63. The third-order valence-corrected chi connectivity index (χ3v) is 3.63. The predicted molar refractivity (Wildman–Crippen MR) is 56.9 cm³/mol. The van der Waals surface area contributed by atoms with E-state index in [1.165, 1.54) is 0 Å². The molecular formula is C10H15O3P. The quantitative estimate of drug-likeness (QED) is 0.780. The lowest BCUT2D eigenvalue weighted by molar-refractivity contribution is 0.284. The molecule has 0 aliphatic heterocycles. The van der Waals surface area contributed by atoms with Crippen LogP contribution in [-0.4, -0.2) is 11.5 Å². The van der Waals surface area contributed by atoms with E-state index in [0.717, 1.165) is 12.0 Å². The molecule has 1 N–H and O–H groups in total. The van der Waals surface area contributed by atoms with Crippen LogP contribution in [0.2, 0.25) is 0 Å². The zero-order valence-corrected chi connectivity index (χ0v) is 9.33. The summed E-state index contributed by atoms with van der Waals surface area (Å²) in [5.41, 5.74) is 0.867. The molecule has 0 saturated carbocycles. The number of aryl methyl sites for hydroxylation is 1. The van der Waals surface area contributed by atoms with Crippen molar-refractivity contribution in [2.45, 2.75) is 20.3 Å². The van der Waals surface area contributed by atoms with Crippen LogP contribution in [0.5, 0.6) is 0 Å². The van der Waals surface area contributed by atoms with Gasteiger partial charge in [0.05, 0.1) is 11.9 Å². The highest BCUT2D eigenvalue weighted by molar-refractivity contribution is 7.61. The van der Waals surface area contributed by atoms with Gasteiger partial charge < -0.3 is 9.42 Å². The minimum Gasteiger partial charge on any atom is -0.321 e. The van der Waals surface area contributed by atoms with Gasteiger partial charge in [-0.05, 0) is 25.0 Å². The van der Waals surface area contributed by atoms with E-state index in [1.807, 2.05) is 19.1 Å². The number of hydrogen-bond acceptors (Lipinski definition) is 2. The highest BCUT2D eigenvalue weighted by Crippen LogP contribution is 2.41. The second-order valence-electron chi connectivity index (χ2n) is 2.92. The summed E-state index contributed by atoms with van der Waals surface area (Å²) in [6.07, 6.45) is 0.730. The molecule has 1 rings (SSSR count). The van der Waals surface area contributed by atoms with Crippen molar-refractivity contribution in [3.8, 4) is 0 Å². The second kappa shape index (κ2) is 4.74. The minimum atomic E-state index is -3.60. The van der Waals surface area contributed by atoms with Gasteiger partial charge in [0.15, 0.2) is 0 Å². The van der Waals surface area contributed by atoms with Crippen LogP contribution in [0.1, 0.15) is 19.4 Å². The van der Waals surface area contributed by atoms with E-state index < -0.39 is 7.60 Å². The fourth-order valence-electron chi connectivity index (χ4n) is 1.33. The first-order valence-corrected chi connectivity index (χ1v) is 6.25. The van der Waals surface area contributed by atoms with Crippen molar-refractivity contribution in [3.05, 3.63) is 29.8 Å². The van der Waals surface area contributed by atoms with Gasteiger partial charge in [-0.2, -0.15) is 0 Å². The van der Waals surface area contributed by atoms with Crippen LogP contribution < -0.4 is 5.30 Å². The molecule has 0 aliphatic carbocycles. The molecule has 0 aliphatic rings. The largest absolute Gasteiger partial charge is 0.359 e. The number of rotatable bonds is 4. The first kappa shape index (κ1) is 11.4. The lowest BCUT2D eigenvalue weighted by Gasteiger charge is -2.13. The van der Waals surface area contributed by atoms with E-state index in [1.54, 1.807) is 19.1 Å². The van der Waals surface area contributed by atoms with Crippen molar-refractivity contribution in [2.24, 2.45) is 0 Å². The minimum absolute atomic E-state index is 0.242. The van der Waals surface area contributed by atoms with Crippen LogP contribution in [0.25, 0.3) is 0 Å². The van der Waals surface area contributed by atoms with Gasteiger partial charge in [0.25, 0.3) is 0 Å². The Labute approximate surface area is 84.3 Å². The van der Waals surface area contributed by atoms with Gasteiger partial charge in [0, 0.05) is 0 Å². The zero-order valence-electron chi connectivity index (χ0n) is 8.43. The van der Waals surface area contributed by atoms with Crippen molar-refractivity contribution in [3.63, 3.8) is 0 Å². The first-order chi connectivity index (χ1) is 6.61. The lowest BCUT2D eigenvalue weighted by Crippen LogP contribution is -2.12. The van der Waals surface area contributed by atoms with Crippen molar-refractivity contribution >= 4 is 12.9 Å². The Morgan fingerprint density at radius 2 is 2.00 bits per heavy atom. The lowest BCUT2D eigenvalue weighted by atomic mass is 10.2. The fourth-order valence-corrected chi connectivity index (χ4v) is 2.69. The summed E-state index contributed by atoms with van der Waals surface area (Å²) in [6, 6.07) is 7.09. The molecular weight excluding hydrogens is 199 g/mol. The van der Waals surface area contributed by atoms with Gasteiger partial charge in [-0.25, -0.2) is 0 Å². The van der Waals surface area contributed by atoms with Crippen LogP contribution in [0.3, 0.4) is 0 Å². The van der Waals surface area contributed by atoms with Crippen LogP contribution in [0.15, 0.2) is 24.3 Å². The Bertz CT molecular complexity index is 349. The summed E-state index contributed by atoms with van der Waals surface area (Å²) in [7, 11) is -3.60. The van der Waals surface area contributed by atoms with Crippen molar-refractivity contribution < 1.29 is 14.0 Å². The average molecular weight is 214 g/mol. The summed E-state index contributed by atoms with van der Waals surface area (Å²) >= 11 is 0. The molecule has 78 valence electrons. The molecule has 0 spiro atoms. The molecule has 0 radical (unpaired) electrons. The Balaban J connectivity index is 3.11. The van der Waals surface area contributed by atoms with Gasteiger partial charge in [-0.1, -0.05) is 25.1 Å². The molecule has 3 nitrogen and oxygen atoms in total. The SMILES string of the molecule is CCOP(=O)(O)c1ccccc1CC. The summed E-state index contributed by atoms with van der Waals surface area (Å²) < 4.78 is 16.6. The maximum atomic E-state index is 11.7. The Morgan fingerprint density at radius 1 is 1.36 bits per heavy atom. The Kier molecular flexibility index (Phi) is 3.87. The molecule has 1 aromatic rings. The van der Waals surface area contributed by atoms with Crippen molar-refractivity contribution in [1.29, 1.82) is 0 Å². The average Bonchev–Trinajstić information content (AvgIpc) is 2.18. The van der Waals surface area contributed by atoms with Crippen molar-refractivity contribution in [1.82, 2.24) is 0 Å². The van der Waals surface area contributed by atoms with E-state index in [0.29, 0.717) is 5.30 Å². The molecule has 4 heteroatoms.